The topological polar surface area (TPSA) is 24.5 Å². The average molecular weight is 262 g/mol. The van der Waals surface area contributed by atoms with Crippen molar-refractivity contribution in [3.8, 4) is 5.75 Å². The third-order valence-corrected chi connectivity index (χ3v) is 4.05. The minimum Gasteiger partial charge on any atom is -0.491 e. The van der Waals surface area contributed by atoms with Crippen LogP contribution in [0.5, 0.6) is 5.75 Å². The Labute approximate surface area is 116 Å². The zero-order chi connectivity index (χ0) is 13.9. The number of benzene rings is 1. The van der Waals surface area contributed by atoms with Crippen molar-refractivity contribution in [1.82, 2.24) is 10.2 Å². The van der Waals surface area contributed by atoms with Crippen LogP contribution in [0.4, 0.5) is 0 Å². The molecule has 0 aliphatic carbocycles. The van der Waals surface area contributed by atoms with E-state index in [1.807, 2.05) is 0 Å². The van der Waals surface area contributed by atoms with Gasteiger partial charge in [-0.1, -0.05) is 12.1 Å². The molecule has 3 nitrogen and oxygen atoms in total. The van der Waals surface area contributed by atoms with Crippen LogP contribution in [0, 0.1) is 0 Å². The molecule has 1 saturated heterocycles. The van der Waals surface area contributed by atoms with Gasteiger partial charge in [-0.2, -0.15) is 0 Å². The van der Waals surface area contributed by atoms with Crippen LogP contribution in [-0.4, -0.2) is 38.2 Å². The summed E-state index contributed by atoms with van der Waals surface area (Å²) in [6.45, 7) is 6.29. The molecule has 1 heterocycles. The molecule has 1 aliphatic heterocycles. The Morgan fingerprint density at radius 2 is 1.68 bits per heavy atom. The number of nitrogens with one attached hydrogen (secondary N) is 1. The first kappa shape index (κ1) is 14.4. The maximum absolute atomic E-state index is 5.72. The van der Waals surface area contributed by atoms with Crippen molar-refractivity contribution < 1.29 is 4.74 Å². The second kappa shape index (κ2) is 5.93. The first-order valence-corrected chi connectivity index (χ1v) is 7.20. The number of piperidine rings is 1. The summed E-state index contributed by atoms with van der Waals surface area (Å²) in [7, 11) is 4.37. The fourth-order valence-corrected chi connectivity index (χ4v) is 2.95. The lowest BCUT2D eigenvalue weighted by Gasteiger charge is -2.43. The lowest BCUT2D eigenvalue weighted by Crippen LogP contribution is -2.49. The number of hydrogen-bond acceptors (Lipinski definition) is 3. The summed E-state index contributed by atoms with van der Waals surface area (Å²) in [4.78, 5) is 2.37. The first-order chi connectivity index (χ1) is 9.04. The van der Waals surface area contributed by atoms with Gasteiger partial charge in [0.05, 0.1) is 6.10 Å². The molecule has 0 atom stereocenters. The molecule has 0 radical (unpaired) electrons. The summed E-state index contributed by atoms with van der Waals surface area (Å²) in [5.74, 6) is 0.960. The molecule has 3 heteroatoms. The SMILES string of the molecule is CC(C)Oc1ccc(C2(N(C)C)CCNCC2)cc1. The molecule has 0 saturated carbocycles. The fourth-order valence-electron chi connectivity index (χ4n) is 2.95. The highest BCUT2D eigenvalue weighted by atomic mass is 16.5. The van der Waals surface area contributed by atoms with Gasteiger partial charge < -0.3 is 10.1 Å². The van der Waals surface area contributed by atoms with Crippen molar-refractivity contribution in [1.29, 1.82) is 0 Å². The highest BCUT2D eigenvalue weighted by molar-refractivity contribution is 5.32. The highest BCUT2D eigenvalue weighted by Crippen LogP contribution is 2.36. The zero-order valence-electron chi connectivity index (χ0n) is 12.6. The molecule has 0 spiro atoms. The van der Waals surface area contributed by atoms with Gasteiger partial charge in [0.15, 0.2) is 0 Å². The minimum absolute atomic E-state index is 0.168. The molecule has 0 amide bonds. The quantitative estimate of drug-likeness (QED) is 0.902. The largest absolute Gasteiger partial charge is 0.491 e. The molecule has 1 aromatic rings. The van der Waals surface area contributed by atoms with Crippen LogP contribution in [0.1, 0.15) is 32.3 Å². The lowest BCUT2D eigenvalue weighted by atomic mass is 9.80. The Morgan fingerprint density at radius 3 is 2.16 bits per heavy atom. The van der Waals surface area contributed by atoms with Crippen molar-refractivity contribution in [2.75, 3.05) is 27.2 Å². The van der Waals surface area contributed by atoms with Crippen LogP contribution in [0.3, 0.4) is 0 Å². The maximum Gasteiger partial charge on any atom is 0.119 e. The lowest BCUT2D eigenvalue weighted by molar-refractivity contribution is 0.107. The molecule has 19 heavy (non-hydrogen) atoms. The molecule has 1 fully saturated rings. The van der Waals surface area contributed by atoms with Crippen LogP contribution >= 0.6 is 0 Å². The van der Waals surface area contributed by atoms with Crippen LogP contribution in [0.15, 0.2) is 24.3 Å². The van der Waals surface area contributed by atoms with E-state index in [2.05, 4.69) is 62.4 Å². The van der Waals surface area contributed by atoms with Crippen LogP contribution in [0.25, 0.3) is 0 Å². The second-order valence-electron chi connectivity index (χ2n) is 5.87. The van der Waals surface area contributed by atoms with Crippen molar-refractivity contribution >= 4 is 0 Å². The number of hydrogen-bond donors (Lipinski definition) is 1. The van der Waals surface area contributed by atoms with Gasteiger partial charge in [0.25, 0.3) is 0 Å². The van der Waals surface area contributed by atoms with Gasteiger partial charge in [-0.25, -0.2) is 0 Å². The van der Waals surface area contributed by atoms with Crippen molar-refractivity contribution in [2.45, 2.75) is 38.3 Å². The monoisotopic (exact) mass is 262 g/mol. The Kier molecular flexibility index (Phi) is 4.48. The molecule has 1 aromatic carbocycles. The standard InChI is InChI=1S/C16H26N2O/c1-13(2)19-15-7-5-14(6-8-15)16(18(3)4)9-11-17-12-10-16/h5-8,13,17H,9-12H2,1-4H3. The van der Waals surface area contributed by atoms with E-state index >= 15 is 0 Å². The Balaban J connectivity index is 2.22. The van der Waals surface area contributed by atoms with E-state index < -0.39 is 0 Å². The Hall–Kier alpha value is -1.06. The predicted molar refractivity (Wildman–Crippen MR) is 79.7 cm³/mol. The zero-order valence-corrected chi connectivity index (χ0v) is 12.6. The summed E-state index contributed by atoms with van der Waals surface area (Å²) in [5.41, 5.74) is 1.57. The summed E-state index contributed by atoms with van der Waals surface area (Å²) < 4.78 is 5.72. The summed E-state index contributed by atoms with van der Waals surface area (Å²) in [5, 5.41) is 3.45. The summed E-state index contributed by atoms with van der Waals surface area (Å²) >= 11 is 0. The number of ether oxygens (including phenoxy) is 1. The molecule has 0 bridgehead atoms. The van der Waals surface area contributed by atoms with E-state index in [9.17, 15) is 0 Å². The maximum atomic E-state index is 5.72. The molecule has 1 N–H and O–H groups in total. The van der Waals surface area contributed by atoms with Gasteiger partial charge in [-0.05, 0) is 71.6 Å². The summed E-state index contributed by atoms with van der Waals surface area (Å²) in [6.07, 6.45) is 2.54. The van der Waals surface area contributed by atoms with E-state index in [1.165, 1.54) is 5.56 Å². The van der Waals surface area contributed by atoms with Gasteiger partial charge in [0, 0.05) is 5.54 Å². The normalized spacial score (nSPS) is 18.8. The van der Waals surface area contributed by atoms with E-state index in [-0.39, 0.29) is 11.6 Å². The van der Waals surface area contributed by atoms with Gasteiger partial charge >= 0.3 is 0 Å². The predicted octanol–water partition coefficient (Wildman–Crippen LogP) is 2.61. The summed E-state index contributed by atoms with van der Waals surface area (Å²) in [6, 6.07) is 8.65. The Bertz CT molecular complexity index is 392. The van der Waals surface area contributed by atoms with Gasteiger partial charge in [-0.15, -0.1) is 0 Å². The van der Waals surface area contributed by atoms with Crippen molar-refractivity contribution in [3.05, 3.63) is 29.8 Å². The van der Waals surface area contributed by atoms with E-state index in [4.69, 9.17) is 4.74 Å². The van der Waals surface area contributed by atoms with Crippen LogP contribution in [0.2, 0.25) is 0 Å². The van der Waals surface area contributed by atoms with E-state index in [0.29, 0.717) is 0 Å². The van der Waals surface area contributed by atoms with Crippen LogP contribution in [-0.2, 0) is 5.54 Å². The van der Waals surface area contributed by atoms with Crippen molar-refractivity contribution in [2.24, 2.45) is 0 Å². The highest BCUT2D eigenvalue weighted by Gasteiger charge is 2.35. The fraction of sp³-hybridized carbons (Fsp3) is 0.625. The molecule has 0 aromatic heterocycles. The third-order valence-electron chi connectivity index (χ3n) is 4.05. The smallest absolute Gasteiger partial charge is 0.119 e. The van der Waals surface area contributed by atoms with Gasteiger partial charge in [0.1, 0.15) is 5.75 Å². The van der Waals surface area contributed by atoms with E-state index in [0.717, 1.165) is 31.7 Å². The van der Waals surface area contributed by atoms with Crippen LogP contribution < -0.4 is 10.1 Å². The third kappa shape index (κ3) is 3.10. The number of nitrogens with zero attached hydrogens (tertiary/aromatic N) is 1. The Morgan fingerprint density at radius 1 is 1.11 bits per heavy atom. The molecule has 2 rings (SSSR count). The van der Waals surface area contributed by atoms with Gasteiger partial charge in [-0.3, -0.25) is 4.90 Å². The molecule has 0 unspecified atom stereocenters. The van der Waals surface area contributed by atoms with Gasteiger partial charge in [0.2, 0.25) is 0 Å². The van der Waals surface area contributed by atoms with E-state index in [1.54, 1.807) is 0 Å². The number of rotatable bonds is 4. The first-order valence-electron chi connectivity index (χ1n) is 7.20. The minimum atomic E-state index is 0.168. The second-order valence-corrected chi connectivity index (χ2v) is 5.87. The molecule has 1 aliphatic rings. The molecule has 106 valence electrons. The molecular formula is C16H26N2O. The molecular weight excluding hydrogens is 236 g/mol. The van der Waals surface area contributed by atoms with Crippen molar-refractivity contribution in [3.63, 3.8) is 0 Å². The average Bonchev–Trinajstić information content (AvgIpc) is 2.39.